The van der Waals surface area contributed by atoms with Crippen molar-refractivity contribution < 1.29 is 5.11 Å². The van der Waals surface area contributed by atoms with Crippen LogP contribution in [0.2, 0.25) is 0 Å². The Hall–Kier alpha value is -2.68. The molecule has 5 rings (SSSR count). The number of aryl methyl sites for hydroxylation is 1. The van der Waals surface area contributed by atoms with Crippen LogP contribution in [0.15, 0.2) is 36.5 Å². The van der Waals surface area contributed by atoms with Gasteiger partial charge in [0.05, 0.1) is 17.9 Å². The smallest absolute Gasteiger partial charge is 0.160 e. The number of fused-ring (bicyclic) bond motifs is 1. The quantitative estimate of drug-likeness (QED) is 0.385. The van der Waals surface area contributed by atoms with Crippen molar-refractivity contribution in [3.8, 4) is 5.75 Å². The molecule has 0 radical (unpaired) electrons. The number of aromatic hydroxyl groups is 1. The van der Waals surface area contributed by atoms with E-state index >= 15 is 0 Å². The van der Waals surface area contributed by atoms with Crippen molar-refractivity contribution in [2.75, 3.05) is 45.2 Å². The van der Waals surface area contributed by atoms with Gasteiger partial charge in [0.15, 0.2) is 5.65 Å². The highest BCUT2D eigenvalue weighted by atomic mass is 16.3. The first-order valence-corrected chi connectivity index (χ1v) is 15.3. The third-order valence-corrected chi connectivity index (χ3v) is 9.13. The molecule has 2 aromatic heterocycles. The largest absolute Gasteiger partial charge is 0.508 e. The van der Waals surface area contributed by atoms with E-state index in [0.717, 1.165) is 81.7 Å². The minimum Gasteiger partial charge on any atom is -0.508 e. The van der Waals surface area contributed by atoms with Gasteiger partial charge in [-0.3, -0.25) is 9.80 Å². The number of phenols is 1. The van der Waals surface area contributed by atoms with Gasteiger partial charge in [0.2, 0.25) is 0 Å². The van der Waals surface area contributed by atoms with Crippen molar-refractivity contribution in [3.63, 3.8) is 0 Å². The topological polar surface area (TPSA) is 72.7 Å². The SMILES string of the molecule is CCCC(c1nc2cc(N3CCC(c4cccc(O)c4)(N(C)C)CC3)cnc2n1CCC)N1C[C@@H](C)N[C@@H](C)C1. The Morgan fingerprint density at radius 3 is 2.42 bits per heavy atom. The lowest BCUT2D eigenvalue weighted by Gasteiger charge is -2.47. The van der Waals surface area contributed by atoms with Crippen molar-refractivity contribution in [1.82, 2.24) is 29.7 Å². The predicted molar refractivity (Wildman–Crippen MR) is 164 cm³/mol. The molecule has 0 bridgehead atoms. The highest BCUT2D eigenvalue weighted by Crippen LogP contribution is 2.40. The Morgan fingerprint density at radius 2 is 1.80 bits per heavy atom. The standard InChI is InChI=1S/C32H49N7O/c1-7-10-29(38-21-23(3)34-24(4)22-38)31-35-28-19-26(20-33-30(28)39(31)15-8-2)37-16-13-32(14-17-37,36(5)6)25-11-9-12-27(40)18-25/h9,11-12,18-20,23-24,29,34,40H,7-8,10,13-17,21-22H2,1-6H3/t23-,24+,29?. The second-order valence-electron chi connectivity index (χ2n) is 12.3. The Bertz CT molecular complexity index is 1270. The molecule has 3 atom stereocenters. The average molecular weight is 548 g/mol. The van der Waals surface area contributed by atoms with Gasteiger partial charge in [-0.05, 0) is 77.4 Å². The Kier molecular flexibility index (Phi) is 8.69. The van der Waals surface area contributed by atoms with E-state index in [2.05, 4.69) is 84.7 Å². The van der Waals surface area contributed by atoms with Crippen molar-refractivity contribution >= 4 is 16.9 Å². The molecule has 218 valence electrons. The molecule has 0 spiro atoms. The average Bonchev–Trinajstić information content (AvgIpc) is 3.28. The van der Waals surface area contributed by atoms with Gasteiger partial charge in [-0.25, -0.2) is 9.97 Å². The van der Waals surface area contributed by atoms with Crippen LogP contribution in [-0.2, 0) is 12.1 Å². The highest BCUT2D eigenvalue weighted by molar-refractivity contribution is 5.76. The predicted octanol–water partition coefficient (Wildman–Crippen LogP) is 5.13. The Labute approximate surface area is 240 Å². The molecule has 40 heavy (non-hydrogen) atoms. The van der Waals surface area contributed by atoms with E-state index in [0.29, 0.717) is 23.9 Å². The summed E-state index contributed by atoms with van der Waals surface area (Å²) >= 11 is 0. The molecule has 8 heteroatoms. The second kappa shape index (κ2) is 12.0. The van der Waals surface area contributed by atoms with Gasteiger partial charge < -0.3 is 19.9 Å². The first kappa shape index (κ1) is 28.8. The lowest BCUT2D eigenvalue weighted by molar-refractivity contribution is 0.109. The number of phenolic OH excluding ortho intramolecular Hbond substituents is 1. The molecule has 0 saturated carbocycles. The summed E-state index contributed by atoms with van der Waals surface area (Å²) in [6, 6.07) is 11.3. The zero-order valence-corrected chi connectivity index (χ0v) is 25.4. The van der Waals surface area contributed by atoms with Crippen LogP contribution in [0.3, 0.4) is 0 Å². The van der Waals surface area contributed by atoms with Crippen LogP contribution >= 0.6 is 0 Å². The molecule has 1 unspecified atom stereocenters. The van der Waals surface area contributed by atoms with Gasteiger partial charge in [-0.2, -0.15) is 0 Å². The molecule has 2 N–H and O–H groups in total. The molecule has 2 saturated heterocycles. The zero-order chi connectivity index (χ0) is 28.4. The summed E-state index contributed by atoms with van der Waals surface area (Å²) in [7, 11) is 4.31. The number of pyridine rings is 1. The van der Waals surface area contributed by atoms with Gasteiger partial charge in [0.1, 0.15) is 17.1 Å². The number of piperidine rings is 1. The van der Waals surface area contributed by atoms with E-state index in [-0.39, 0.29) is 5.54 Å². The fraction of sp³-hybridized carbons (Fsp3) is 0.625. The van der Waals surface area contributed by atoms with Crippen LogP contribution in [-0.4, -0.2) is 81.8 Å². The summed E-state index contributed by atoms with van der Waals surface area (Å²) < 4.78 is 2.39. The van der Waals surface area contributed by atoms with Gasteiger partial charge in [-0.1, -0.05) is 32.4 Å². The van der Waals surface area contributed by atoms with Crippen molar-refractivity contribution in [1.29, 1.82) is 0 Å². The van der Waals surface area contributed by atoms with Crippen molar-refractivity contribution in [2.24, 2.45) is 0 Å². The molecular weight excluding hydrogens is 498 g/mol. The number of hydrogen-bond acceptors (Lipinski definition) is 7. The summed E-state index contributed by atoms with van der Waals surface area (Å²) in [5.41, 5.74) is 4.27. The second-order valence-corrected chi connectivity index (χ2v) is 12.3. The van der Waals surface area contributed by atoms with Crippen LogP contribution in [0.5, 0.6) is 5.75 Å². The summed E-state index contributed by atoms with van der Waals surface area (Å²) in [4.78, 5) is 17.8. The summed E-state index contributed by atoms with van der Waals surface area (Å²) in [6.07, 6.45) is 7.31. The number of aromatic nitrogens is 3. The van der Waals surface area contributed by atoms with E-state index in [1.165, 1.54) is 11.4 Å². The molecule has 4 heterocycles. The lowest BCUT2D eigenvalue weighted by atomic mass is 9.79. The van der Waals surface area contributed by atoms with Gasteiger partial charge in [0, 0.05) is 50.3 Å². The van der Waals surface area contributed by atoms with Gasteiger partial charge in [0.25, 0.3) is 0 Å². The van der Waals surface area contributed by atoms with E-state index < -0.39 is 0 Å². The molecule has 8 nitrogen and oxygen atoms in total. The number of anilines is 1. The van der Waals surface area contributed by atoms with E-state index in [4.69, 9.17) is 9.97 Å². The fourth-order valence-corrected chi connectivity index (χ4v) is 7.19. The van der Waals surface area contributed by atoms with E-state index in [1.807, 2.05) is 12.1 Å². The zero-order valence-electron chi connectivity index (χ0n) is 25.4. The molecule has 2 aliphatic heterocycles. The number of hydrogen-bond donors (Lipinski definition) is 2. The number of rotatable bonds is 9. The minimum atomic E-state index is -0.0897. The van der Waals surface area contributed by atoms with E-state index in [9.17, 15) is 5.11 Å². The van der Waals surface area contributed by atoms with Crippen LogP contribution in [0, 0.1) is 0 Å². The third-order valence-electron chi connectivity index (χ3n) is 9.13. The van der Waals surface area contributed by atoms with E-state index in [1.54, 1.807) is 6.07 Å². The Balaban J connectivity index is 1.43. The third kappa shape index (κ3) is 5.58. The number of imidazole rings is 1. The van der Waals surface area contributed by atoms with Crippen LogP contribution in [0.4, 0.5) is 5.69 Å². The maximum absolute atomic E-state index is 10.2. The van der Waals surface area contributed by atoms with Gasteiger partial charge >= 0.3 is 0 Å². The molecule has 1 aromatic carbocycles. The van der Waals surface area contributed by atoms with Crippen molar-refractivity contribution in [3.05, 3.63) is 47.9 Å². The monoisotopic (exact) mass is 547 g/mol. The molecule has 3 aromatic rings. The summed E-state index contributed by atoms with van der Waals surface area (Å²) in [5, 5.41) is 13.9. The van der Waals surface area contributed by atoms with Gasteiger partial charge in [-0.15, -0.1) is 0 Å². The summed E-state index contributed by atoms with van der Waals surface area (Å²) in [5.74, 6) is 1.51. The maximum Gasteiger partial charge on any atom is 0.160 e. The molecule has 2 aliphatic rings. The number of nitrogens with zero attached hydrogens (tertiary/aromatic N) is 6. The van der Waals surface area contributed by atoms with Crippen molar-refractivity contribution in [2.45, 2.75) is 90.0 Å². The fourth-order valence-electron chi connectivity index (χ4n) is 7.19. The number of piperazine rings is 1. The minimum absolute atomic E-state index is 0.0897. The first-order chi connectivity index (χ1) is 19.3. The number of benzene rings is 1. The van der Waals surface area contributed by atoms with Crippen LogP contribution in [0.1, 0.15) is 77.2 Å². The molecule has 0 aliphatic carbocycles. The molecular formula is C32H49N7O. The summed E-state index contributed by atoms with van der Waals surface area (Å²) in [6.45, 7) is 14.0. The lowest BCUT2D eigenvalue weighted by Crippen LogP contribution is -2.55. The molecule has 0 amide bonds. The highest BCUT2D eigenvalue weighted by Gasteiger charge is 2.39. The maximum atomic E-state index is 10.2. The molecule has 2 fully saturated rings. The van der Waals surface area contributed by atoms with Crippen LogP contribution in [0.25, 0.3) is 11.2 Å². The number of nitrogens with one attached hydrogen (secondary N) is 1. The normalized spacial score (nSPS) is 22.7. The van der Waals surface area contributed by atoms with Crippen LogP contribution < -0.4 is 10.2 Å². The first-order valence-electron chi connectivity index (χ1n) is 15.3. The Morgan fingerprint density at radius 1 is 1.07 bits per heavy atom.